The summed E-state index contributed by atoms with van der Waals surface area (Å²) in [4.78, 5) is 17.4. The van der Waals surface area contributed by atoms with E-state index in [2.05, 4.69) is 22.0 Å². The first-order valence-electron chi connectivity index (χ1n) is 9.00. The number of hydrogen-bond donors (Lipinski definition) is 1. The van der Waals surface area contributed by atoms with Crippen molar-refractivity contribution in [3.8, 4) is 0 Å². The van der Waals surface area contributed by atoms with Gasteiger partial charge in [0.2, 0.25) is 5.91 Å². The minimum absolute atomic E-state index is 0.109. The average Bonchev–Trinajstić information content (AvgIpc) is 3.03. The first kappa shape index (κ1) is 15.3. The van der Waals surface area contributed by atoms with Crippen LogP contribution in [0.1, 0.15) is 51.9 Å². The zero-order valence-corrected chi connectivity index (χ0v) is 13.5. The van der Waals surface area contributed by atoms with Gasteiger partial charge in [0, 0.05) is 25.7 Å². The third-order valence-corrected chi connectivity index (χ3v) is 5.62. The Bertz CT molecular complexity index is 354. The number of likely N-dealkylation sites (tertiary alicyclic amines) is 2. The molecule has 120 valence electrons. The summed E-state index contributed by atoms with van der Waals surface area (Å²) in [5, 5.41) is 3.36. The van der Waals surface area contributed by atoms with E-state index in [0.717, 1.165) is 38.5 Å². The van der Waals surface area contributed by atoms with E-state index in [1.807, 2.05) is 0 Å². The SMILES string of the molecule is CC1CCCCN1CC1CCCN(C(=O)[C@@H]2CCCN2)C1. The molecule has 3 atom stereocenters. The summed E-state index contributed by atoms with van der Waals surface area (Å²) in [5.41, 5.74) is 0. The van der Waals surface area contributed by atoms with Crippen molar-refractivity contribution in [2.24, 2.45) is 5.92 Å². The number of carbonyl (C=O) groups excluding carboxylic acids is 1. The molecule has 0 aromatic carbocycles. The first-order valence-corrected chi connectivity index (χ1v) is 9.00. The smallest absolute Gasteiger partial charge is 0.239 e. The lowest BCUT2D eigenvalue weighted by atomic mass is 9.94. The molecule has 0 aromatic heterocycles. The molecule has 0 aromatic rings. The van der Waals surface area contributed by atoms with E-state index < -0.39 is 0 Å². The Labute approximate surface area is 129 Å². The maximum absolute atomic E-state index is 12.6. The van der Waals surface area contributed by atoms with Crippen LogP contribution >= 0.6 is 0 Å². The van der Waals surface area contributed by atoms with Gasteiger partial charge in [-0.2, -0.15) is 0 Å². The summed E-state index contributed by atoms with van der Waals surface area (Å²) in [6.07, 6.45) is 8.76. The van der Waals surface area contributed by atoms with Crippen LogP contribution in [0.15, 0.2) is 0 Å². The third kappa shape index (κ3) is 3.78. The second-order valence-corrected chi connectivity index (χ2v) is 7.28. The molecule has 0 aliphatic carbocycles. The molecular formula is C17H31N3O. The van der Waals surface area contributed by atoms with Crippen molar-refractivity contribution in [2.75, 3.05) is 32.7 Å². The molecule has 3 aliphatic rings. The van der Waals surface area contributed by atoms with Crippen molar-refractivity contribution in [3.05, 3.63) is 0 Å². The van der Waals surface area contributed by atoms with Crippen molar-refractivity contribution in [3.63, 3.8) is 0 Å². The fraction of sp³-hybridized carbons (Fsp3) is 0.941. The molecule has 4 nitrogen and oxygen atoms in total. The van der Waals surface area contributed by atoms with Crippen molar-refractivity contribution >= 4 is 5.91 Å². The number of piperidine rings is 2. The molecule has 0 spiro atoms. The highest BCUT2D eigenvalue weighted by Crippen LogP contribution is 2.23. The largest absolute Gasteiger partial charge is 0.341 e. The summed E-state index contributed by atoms with van der Waals surface area (Å²) in [5.74, 6) is 1.05. The Kier molecular flexibility index (Phi) is 5.17. The second-order valence-electron chi connectivity index (χ2n) is 7.28. The standard InChI is InChI=1S/C17H31N3O/c1-14-6-2-3-10-19(14)12-15-7-5-11-20(13-15)17(21)16-8-4-9-18-16/h14-16,18H,2-13H2,1H3/t14?,15?,16-/m0/s1. The van der Waals surface area contributed by atoms with E-state index in [9.17, 15) is 4.79 Å². The summed E-state index contributed by atoms with van der Waals surface area (Å²) in [6.45, 7) is 7.80. The highest BCUT2D eigenvalue weighted by Gasteiger charge is 2.31. The van der Waals surface area contributed by atoms with Crippen LogP contribution in [-0.4, -0.2) is 60.5 Å². The van der Waals surface area contributed by atoms with Gasteiger partial charge < -0.3 is 15.1 Å². The predicted molar refractivity (Wildman–Crippen MR) is 85.2 cm³/mol. The number of rotatable bonds is 3. The van der Waals surface area contributed by atoms with Gasteiger partial charge in [-0.15, -0.1) is 0 Å². The fourth-order valence-corrected chi connectivity index (χ4v) is 4.29. The number of carbonyl (C=O) groups is 1. The van der Waals surface area contributed by atoms with Gasteiger partial charge >= 0.3 is 0 Å². The van der Waals surface area contributed by atoms with Crippen LogP contribution in [0.5, 0.6) is 0 Å². The molecule has 1 N–H and O–H groups in total. The highest BCUT2D eigenvalue weighted by atomic mass is 16.2. The molecule has 3 aliphatic heterocycles. The van der Waals surface area contributed by atoms with Crippen LogP contribution in [0.3, 0.4) is 0 Å². The molecule has 0 radical (unpaired) electrons. The lowest BCUT2D eigenvalue weighted by Gasteiger charge is -2.40. The lowest BCUT2D eigenvalue weighted by molar-refractivity contribution is -0.135. The van der Waals surface area contributed by atoms with E-state index >= 15 is 0 Å². The van der Waals surface area contributed by atoms with Crippen LogP contribution < -0.4 is 5.32 Å². The maximum Gasteiger partial charge on any atom is 0.239 e. The molecule has 21 heavy (non-hydrogen) atoms. The van der Waals surface area contributed by atoms with E-state index in [4.69, 9.17) is 0 Å². The Morgan fingerprint density at radius 3 is 2.76 bits per heavy atom. The molecule has 3 rings (SSSR count). The van der Waals surface area contributed by atoms with Crippen LogP contribution in [0.4, 0.5) is 0 Å². The average molecular weight is 293 g/mol. The minimum atomic E-state index is 0.109. The number of hydrogen-bond acceptors (Lipinski definition) is 3. The number of nitrogens with zero attached hydrogens (tertiary/aromatic N) is 2. The van der Waals surface area contributed by atoms with Gasteiger partial charge in [0.25, 0.3) is 0 Å². The fourth-order valence-electron chi connectivity index (χ4n) is 4.29. The van der Waals surface area contributed by atoms with E-state index in [1.165, 1.54) is 45.2 Å². The molecule has 0 bridgehead atoms. The van der Waals surface area contributed by atoms with Crippen LogP contribution in [0, 0.1) is 5.92 Å². The molecule has 2 unspecified atom stereocenters. The Hall–Kier alpha value is -0.610. The first-order chi connectivity index (χ1) is 10.2. The summed E-state index contributed by atoms with van der Waals surface area (Å²) in [6, 6.07) is 0.846. The van der Waals surface area contributed by atoms with Crippen LogP contribution in [0.2, 0.25) is 0 Å². The molecular weight excluding hydrogens is 262 g/mol. The third-order valence-electron chi connectivity index (χ3n) is 5.62. The normalized spacial score (nSPS) is 35.1. The van der Waals surface area contributed by atoms with Crippen molar-refractivity contribution < 1.29 is 4.79 Å². The number of amides is 1. The molecule has 0 saturated carbocycles. The highest BCUT2D eigenvalue weighted by molar-refractivity contribution is 5.82. The lowest BCUT2D eigenvalue weighted by Crippen LogP contribution is -2.50. The summed E-state index contributed by atoms with van der Waals surface area (Å²) in [7, 11) is 0. The zero-order chi connectivity index (χ0) is 14.7. The monoisotopic (exact) mass is 293 g/mol. The molecule has 4 heteroatoms. The van der Waals surface area contributed by atoms with Gasteiger partial charge in [0.05, 0.1) is 6.04 Å². The van der Waals surface area contributed by atoms with Gasteiger partial charge in [0.15, 0.2) is 0 Å². The van der Waals surface area contributed by atoms with Crippen molar-refractivity contribution in [1.29, 1.82) is 0 Å². The summed E-state index contributed by atoms with van der Waals surface area (Å²) < 4.78 is 0. The summed E-state index contributed by atoms with van der Waals surface area (Å²) >= 11 is 0. The van der Waals surface area contributed by atoms with E-state index in [0.29, 0.717) is 11.8 Å². The minimum Gasteiger partial charge on any atom is -0.341 e. The van der Waals surface area contributed by atoms with Gasteiger partial charge in [0.1, 0.15) is 0 Å². The van der Waals surface area contributed by atoms with Crippen LogP contribution in [-0.2, 0) is 4.79 Å². The van der Waals surface area contributed by atoms with Gasteiger partial charge in [-0.25, -0.2) is 0 Å². The molecule has 3 fully saturated rings. The van der Waals surface area contributed by atoms with E-state index in [1.54, 1.807) is 0 Å². The zero-order valence-electron chi connectivity index (χ0n) is 13.5. The predicted octanol–water partition coefficient (Wildman–Crippen LogP) is 1.85. The Morgan fingerprint density at radius 1 is 1.10 bits per heavy atom. The van der Waals surface area contributed by atoms with Gasteiger partial charge in [-0.3, -0.25) is 4.79 Å². The van der Waals surface area contributed by atoms with Gasteiger partial charge in [-0.1, -0.05) is 6.42 Å². The van der Waals surface area contributed by atoms with Crippen molar-refractivity contribution in [2.45, 2.75) is 64.0 Å². The molecule has 3 saturated heterocycles. The van der Waals surface area contributed by atoms with Crippen molar-refractivity contribution in [1.82, 2.24) is 15.1 Å². The number of nitrogens with one attached hydrogen (secondary N) is 1. The Balaban J connectivity index is 1.51. The molecule has 1 amide bonds. The quantitative estimate of drug-likeness (QED) is 0.862. The van der Waals surface area contributed by atoms with Crippen LogP contribution in [0.25, 0.3) is 0 Å². The maximum atomic E-state index is 12.6. The molecule has 3 heterocycles. The van der Waals surface area contributed by atoms with Gasteiger partial charge in [-0.05, 0) is 64.5 Å². The van der Waals surface area contributed by atoms with E-state index in [-0.39, 0.29) is 6.04 Å². The second kappa shape index (κ2) is 7.10. The Morgan fingerprint density at radius 2 is 2.00 bits per heavy atom. The topological polar surface area (TPSA) is 35.6 Å².